The smallest absolute Gasteiger partial charge is 0.410 e. The van der Waals surface area contributed by atoms with Crippen LogP contribution in [0.4, 0.5) is 4.79 Å². The van der Waals surface area contributed by atoms with Crippen LogP contribution in [0, 0.1) is 0 Å². The molecule has 0 aliphatic rings. The zero-order chi connectivity index (χ0) is 14.3. The highest BCUT2D eigenvalue weighted by Gasteiger charge is 2.26. The number of amides is 1. The number of rotatable bonds is 6. The van der Waals surface area contributed by atoms with Crippen molar-refractivity contribution in [1.29, 1.82) is 0 Å². The number of hydrogen-bond donors (Lipinski definition) is 1. The van der Waals surface area contributed by atoms with Crippen LogP contribution in [0.2, 0.25) is 0 Å². The molecule has 5 nitrogen and oxygen atoms in total. The molecule has 0 heterocycles. The predicted molar refractivity (Wildman–Crippen MR) is 70.7 cm³/mol. The molecule has 104 valence electrons. The van der Waals surface area contributed by atoms with Crippen LogP contribution in [0.3, 0.4) is 0 Å². The van der Waals surface area contributed by atoms with Gasteiger partial charge in [-0.25, -0.2) is 9.59 Å². The number of aliphatic carboxylic acids is 1. The van der Waals surface area contributed by atoms with Crippen molar-refractivity contribution in [1.82, 2.24) is 4.90 Å². The van der Waals surface area contributed by atoms with Gasteiger partial charge in [0.05, 0.1) is 0 Å². The average molecular weight is 265 g/mol. The van der Waals surface area contributed by atoms with Gasteiger partial charge in [-0.3, -0.25) is 4.90 Å². The molecule has 0 fully saturated rings. The Morgan fingerprint density at radius 3 is 2.47 bits per heavy atom. The third-order valence-corrected chi connectivity index (χ3v) is 2.81. The van der Waals surface area contributed by atoms with Crippen LogP contribution >= 0.6 is 0 Å². The third kappa shape index (κ3) is 4.62. The molecule has 1 aromatic carbocycles. The molecule has 0 saturated heterocycles. The summed E-state index contributed by atoms with van der Waals surface area (Å²) in [5, 5.41) is 9.06. The second-order valence-electron chi connectivity index (χ2n) is 4.29. The van der Waals surface area contributed by atoms with Gasteiger partial charge in [0.25, 0.3) is 0 Å². The molecule has 1 amide bonds. The van der Waals surface area contributed by atoms with Gasteiger partial charge in [0.15, 0.2) is 0 Å². The van der Waals surface area contributed by atoms with E-state index in [1.807, 2.05) is 37.3 Å². The molecule has 0 aliphatic carbocycles. The lowest BCUT2D eigenvalue weighted by Gasteiger charge is -2.23. The van der Waals surface area contributed by atoms with Gasteiger partial charge in [0.1, 0.15) is 12.6 Å². The second kappa shape index (κ2) is 7.41. The Hall–Kier alpha value is -2.04. The molecular weight excluding hydrogens is 246 g/mol. The molecule has 0 saturated carbocycles. The fourth-order valence-corrected chi connectivity index (χ4v) is 1.70. The molecule has 0 radical (unpaired) electrons. The van der Waals surface area contributed by atoms with E-state index in [0.717, 1.165) is 10.5 Å². The highest BCUT2D eigenvalue weighted by atomic mass is 16.6. The molecule has 1 atom stereocenters. The zero-order valence-electron chi connectivity index (χ0n) is 11.2. The highest BCUT2D eigenvalue weighted by molar-refractivity contribution is 5.79. The maximum absolute atomic E-state index is 11.8. The van der Waals surface area contributed by atoms with E-state index in [0.29, 0.717) is 12.8 Å². The number of carboxylic acids is 1. The first-order valence-corrected chi connectivity index (χ1v) is 6.22. The van der Waals surface area contributed by atoms with E-state index in [2.05, 4.69) is 0 Å². The van der Waals surface area contributed by atoms with Gasteiger partial charge >= 0.3 is 12.1 Å². The molecule has 0 unspecified atom stereocenters. The van der Waals surface area contributed by atoms with Gasteiger partial charge in [-0.05, 0) is 12.0 Å². The van der Waals surface area contributed by atoms with Crippen LogP contribution in [0.1, 0.15) is 25.3 Å². The highest BCUT2D eigenvalue weighted by Crippen LogP contribution is 2.09. The Bertz CT molecular complexity index is 419. The minimum atomic E-state index is -1.01. The maximum atomic E-state index is 11.8. The van der Waals surface area contributed by atoms with E-state index in [1.54, 1.807) is 0 Å². The Morgan fingerprint density at radius 2 is 1.95 bits per heavy atom. The summed E-state index contributed by atoms with van der Waals surface area (Å²) < 4.78 is 5.09. The Morgan fingerprint density at radius 1 is 1.32 bits per heavy atom. The van der Waals surface area contributed by atoms with Crippen molar-refractivity contribution in [2.45, 2.75) is 32.4 Å². The molecule has 1 N–H and O–H groups in total. The summed E-state index contributed by atoms with van der Waals surface area (Å²) in [5.74, 6) is -1.01. The Kier molecular flexibility index (Phi) is 5.85. The van der Waals surface area contributed by atoms with E-state index >= 15 is 0 Å². The monoisotopic (exact) mass is 265 g/mol. The lowest BCUT2D eigenvalue weighted by molar-refractivity contribution is -0.142. The van der Waals surface area contributed by atoms with Gasteiger partial charge < -0.3 is 9.84 Å². The summed E-state index contributed by atoms with van der Waals surface area (Å²) in [6.45, 7) is 2.02. The van der Waals surface area contributed by atoms with Gasteiger partial charge in [-0.15, -0.1) is 0 Å². The average Bonchev–Trinajstić information content (AvgIpc) is 2.42. The summed E-state index contributed by atoms with van der Waals surface area (Å²) >= 11 is 0. The topological polar surface area (TPSA) is 66.8 Å². The number of carbonyl (C=O) groups is 2. The molecule has 0 aliphatic heterocycles. The van der Waals surface area contributed by atoms with Gasteiger partial charge in [-0.2, -0.15) is 0 Å². The lowest BCUT2D eigenvalue weighted by Crippen LogP contribution is -2.42. The number of nitrogens with zero attached hydrogens (tertiary/aromatic N) is 1. The number of benzene rings is 1. The van der Waals surface area contributed by atoms with E-state index in [9.17, 15) is 9.59 Å². The standard InChI is InChI=1S/C14H19NO4/c1-3-7-12(13(16)17)15(2)14(18)19-10-11-8-5-4-6-9-11/h4-6,8-9,12H,3,7,10H2,1-2H3,(H,16,17)/t12-/m1/s1. The molecule has 0 spiro atoms. The van der Waals surface area contributed by atoms with Crippen molar-refractivity contribution in [3.8, 4) is 0 Å². The first kappa shape index (κ1) is 15.0. The van der Waals surface area contributed by atoms with Crippen LogP contribution in [0.25, 0.3) is 0 Å². The van der Waals surface area contributed by atoms with Gasteiger partial charge in [-0.1, -0.05) is 43.7 Å². The fourth-order valence-electron chi connectivity index (χ4n) is 1.70. The maximum Gasteiger partial charge on any atom is 0.410 e. The van der Waals surface area contributed by atoms with Crippen molar-refractivity contribution in [3.63, 3.8) is 0 Å². The van der Waals surface area contributed by atoms with E-state index < -0.39 is 18.1 Å². The number of carbonyl (C=O) groups excluding carboxylic acids is 1. The molecule has 1 rings (SSSR count). The van der Waals surface area contributed by atoms with Crippen molar-refractivity contribution in [2.75, 3.05) is 7.05 Å². The predicted octanol–water partition coefficient (Wildman–Crippen LogP) is 2.51. The largest absolute Gasteiger partial charge is 0.480 e. The lowest BCUT2D eigenvalue weighted by atomic mass is 10.1. The molecule has 5 heteroatoms. The summed E-state index contributed by atoms with van der Waals surface area (Å²) in [5.41, 5.74) is 0.867. The summed E-state index contributed by atoms with van der Waals surface area (Å²) in [6, 6.07) is 8.42. The molecule has 0 bridgehead atoms. The van der Waals surface area contributed by atoms with Crippen molar-refractivity contribution >= 4 is 12.1 Å². The van der Waals surface area contributed by atoms with Crippen LogP contribution in [-0.2, 0) is 16.1 Å². The Balaban J connectivity index is 2.54. The minimum Gasteiger partial charge on any atom is -0.480 e. The van der Waals surface area contributed by atoms with Crippen LogP contribution in [-0.4, -0.2) is 35.2 Å². The number of hydrogen-bond acceptors (Lipinski definition) is 3. The van der Waals surface area contributed by atoms with E-state index in [4.69, 9.17) is 9.84 Å². The fraction of sp³-hybridized carbons (Fsp3) is 0.429. The molecule has 1 aromatic rings. The molecule has 19 heavy (non-hydrogen) atoms. The molecule has 0 aromatic heterocycles. The van der Waals surface area contributed by atoms with E-state index in [-0.39, 0.29) is 6.61 Å². The Labute approximate surface area is 112 Å². The first-order chi connectivity index (χ1) is 9.06. The number of likely N-dealkylation sites (N-methyl/N-ethyl adjacent to an activating group) is 1. The van der Waals surface area contributed by atoms with Crippen LogP contribution < -0.4 is 0 Å². The van der Waals surface area contributed by atoms with Crippen molar-refractivity contribution in [2.24, 2.45) is 0 Å². The SMILES string of the molecule is CCC[C@H](C(=O)O)N(C)C(=O)OCc1ccccc1. The van der Waals surface area contributed by atoms with Crippen molar-refractivity contribution < 1.29 is 19.4 Å². The third-order valence-electron chi connectivity index (χ3n) is 2.81. The number of carboxylic acid groups (broad SMARTS) is 1. The summed E-state index contributed by atoms with van der Waals surface area (Å²) in [4.78, 5) is 24.0. The van der Waals surface area contributed by atoms with Crippen molar-refractivity contribution in [3.05, 3.63) is 35.9 Å². The van der Waals surface area contributed by atoms with Gasteiger partial charge in [0, 0.05) is 7.05 Å². The van der Waals surface area contributed by atoms with Crippen LogP contribution in [0.15, 0.2) is 30.3 Å². The minimum absolute atomic E-state index is 0.141. The molecular formula is C14H19NO4. The number of ether oxygens (including phenoxy) is 1. The normalized spacial score (nSPS) is 11.7. The summed E-state index contributed by atoms with van der Waals surface area (Å²) in [6.07, 6.45) is 0.476. The van der Waals surface area contributed by atoms with E-state index in [1.165, 1.54) is 7.05 Å². The van der Waals surface area contributed by atoms with Gasteiger partial charge in [0.2, 0.25) is 0 Å². The zero-order valence-corrected chi connectivity index (χ0v) is 11.2. The first-order valence-electron chi connectivity index (χ1n) is 6.22. The second-order valence-corrected chi connectivity index (χ2v) is 4.29. The van der Waals surface area contributed by atoms with Crippen LogP contribution in [0.5, 0.6) is 0 Å². The quantitative estimate of drug-likeness (QED) is 0.858. The summed E-state index contributed by atoms with van der Waals surface area (Å²) in [7, 11) is 1.45.